The molecule has 1 aliphatic heterocycles. The van der Waals surface area contributed by atoms with E-state index in [1.807, 2.05) is 6.08 Å². The van der Waals surface area contributed by atoms with Gasteiger partial charge in [-0.15, -0.1) is 0 Å². The van der Waals surface area contributed by atoms with Gasteiger partial charge in [0.15, 0.2) is 0 Å². The van der Waals surface area contributed by atoms with Crippen LogP contribution in [0.2, 0.25) is 0 Å². The number of hydrogen-bond acceptors (Lipinski definition) is 2. The van der Waals surface area contributed by atoms with E-state index in [2.05, 4.69) is 35.2 Å². The fourth-order valence-corrected chi connectivity index (χ4v) is 2.25. The van der Waals surface area contributed by atoms with Crippen molar-refractivity contribution < 1.29 is 0 Å². The number of rotatable bonds is 3. The summed E-state index contributed by atoms with van der Waals surface area (Å²) in [6, 6.07) is 8.57. The lowest BCUT2D eigenvalue weighted by atomic mass is 10.1. The standard InChI is InChI=1S/C14H20N2/c15-10-6-8-13-7-2-3-9-14(13)16-11-4-1-5-12-16/h2-3,6-9H,1,4-5,10-12,15H2/b8-6+. The fourth-order valence-electron chi connectivity index (χ4n) is 2.25. The number of nitrogens with zero attached hydrogens (tertiary/aromatic N) is 1. The predicted molar refractivity (Wildman–Crippen MR) is 70.6 cm³/mol. The maximum atomic E-state index is 5.50. The van der Waals surface area contributed by atoms with Crippen LogP contribution in [-0.4, -0.2) is 19.6 Å². The molecule has 1 aromatic carbocycles. The van der Waals surface area contributed by atoms with E-state index in [-0.39, 0.29) is 0 Å². The molecule has 0 aliphatic carbocycles. The summed E-state index contributed by atoms with van der Waals surface area (Å²) < 4.78 is 0. The van der Waals surface area contributed by atoms with Crippen LogP contribution in [-0.2, 0) is 0 Å². The topological polar surface area (TPSA) is 29.3 Å². The van der Waals surface area contributed by atoms with Gasteiger partial charge in [-0.2, -0.15) is 0 Å². The average Bonchev–Trinajstić information content (AvgIpc) is 2.38. The van der Waals surface area contributed by atoms with Crippen LogP contribution in [0.4, 0.5) is 5.69 Å². The molecule has 1 aromatic rings. The predicted octanol–water partition coefficient (Wildman–Crippen LogP) is 2.65. The Labute approximate surface area is 97.8 Å². The van der Waals surface area contributed by atoms with Gasteiger partial charge in [0, 0.05) is 25.3 Å². The summed E-state index contributed by atoms with van der Waals surface area (Å²) >= 11 is 0. The van der Waals surface area contributed by atoms with Crippen molar-refractivity contribution in [2.75, 3.05) is 24.5 Å². The maximum absolute atomic E-state index is 5.50. The van der Waals surface area contributed by atoms with Crippen molar-refractivity contribution in [2.45, 2.75) is 19.3 Å². The SMILES string of the molecule is NC/C=C/c1ccccc1N1CCCCC1. The Morgan fingerprint density at radius 2 is 1.88 bits per heavy atom. The van der Waals surface area contributed by atoms with Crippen molar-refractivity contribution in [2.24, 2.45) is 5.73 Å². The van der Waals surface area contributed by atoms with E-state index in [9.17, 15) is 0 Å². The van der Waals surface area contributed by atoms with E-state index in [0.717, 1.165) is 0 Å². The maximum Gasteiger partial charge on any atom is 0.0439 e. The summed E-state index contributed by atoms with van der Waals surface area (Å²) in [7, 11) is 0. The minimum absolute atomic E-state index is 0.605. The third kappa shape index (κ3) is 2.64. The van der Waals surface area contributed by atoms with Gasteiger partial charge in [-0.3, -0.25) is 0 Å². The highest BCUT2D eigenvalue weighted by molar-refractivity contribution is 5.67. The molecule has 0 atom stereocenters. The van der Waals surface area contributed by atoms with Gasteiger partial charge in [-0.25, -0.2) is 0 Å². The normalized spacial score (nSPS) is 16.9. The molecule has 1 fully saturated rings. The molecule has 0 radical (unpaired) electrons. The summed E-state index contributed by atoms with van der Waals surface area (Å²) in [5.41, 5.74) is 8.14. The lowest BCUT2D eigenvalue weighted by Gasteiger charge is -2.30. The van der Waals surface area contributed by atoms with Crippen LogP contribution in [0.25, 0.3) is 6.08 Å². The molecule has 0 spiro atoms. The summed E-state index contributed by atoms with van der Waals surface area (Å²) in [5, 5.41) is 0. The van der Waals surface area contributed by atoms with Crippen LogP contribution < -0.4 is 10.6 Å². The molecule has 16 heavy (non-hydrogen) atoms. The van der Waals surface area contributed by atoms with E-state index in [0.29, 0.717) is 6.54 Å². The van der Waals surface area contributed by atoms with Gasteiger partial charge in [-0.1, -0.05) is 30.4 Å². The third-order valence-corrected chi connectivity index (χ3v) is 3.07. The van der Waals surface area contributed by atoms with Crippen LogP contribution >= 0.6 is 0 Å². The molecular formula is C14H20N2. The first-order valence-corrected chi connectivity index (χ1v) is 6.12. The fraction of sp³-hybridized carbons (Fsp3) is 0.429. The Morgan fingerprint density at radius 3 is 2.62 bits per heavy atom. The first-order chi connectivity index (χ1) is 7.92. The molecular weight excluding hydrogens is 196 g/mol. The summed E-state index contributed by atoms with van der Waals surface area (Å²) in [4.78, 5) is 2.49. The van der Waals surface area contributed by atoms with Gasteiger partial charge >= 0.3 is 0 Å². The molecule has 0 unspecified atom stereocenters. The zero-order chi connectivity index (χ0) is 11.2. The molecule has 2 heteroatoms. The number of piperidine rings is 1. The number of anilines is 1. The van der Waals surface area contributed by atoms with E-state index < -0.39 is 0 Å². The molecule has 86 valence electrons. The van der Waals surface area contributed by atoms with E-state index in [1.165, 1.54) is 43.6 Å². The minimum atomic E-state index is 0.605. The second kappa shape index (κ2) is 5.71. The summed E-state index contributed by atoms with van der Waals surface area (Å²) in [6.07, 6.45) is 8.15. The quantitative estimate of drug-likeness (QED) is 0.841. The Hall–Kier alpha value is -1.28. The van der Waals surface area contributed by atoms with Crippen LogP contribution in [0, 0.1) is 0 Å². The highest BCUT2D eigenvalue weighted by atomic mass is 15.1. The summed E-state index contributed by atoms with van der Waals surface area (Å²) in [5.74, 6) is 0. The third-order valence-electron chi connectivity index (χ3n) is 3.07. The monoisotopic (exact) mass is 216 g/mol. The lowest BCUT2D eigenvalue weighted by Crippen LogP contribution is -2.29. The van der Waals surface area contributed by atoms with Gasteiger partial charge in [0.05, 0.1) is 0 Å². The average molecular weight is 216 g/mol. The molecule has 2 N–H and O–H groups in total. The molecule has 2 nitrogen and oxygen atoms in total. The number of para-hydroxylation sites is 1. The number of benzene rings is 1. The van der Waals surface area contributed by atoms with E-state index in [4.69, 9.17) is 5.73 Å². The Balaban J connectivity index is 2.20. The van der Waals surface area contributed by atoms with Crippen molar-refractivity contribution in [3.05, 3.63) is 35.9 Å². The number of hydrogen-bond donors (Lipinski definition) is 1. The minimum Gasteiger partial charge on any atom is -0.371 e. The van der Waals surface area contributed by atoms with Crippen molar-refractivity contribution >= 4 is 11.8 Å². The Kier molecular flexibility index (Phi) is 4.00. The van der Waals surface area contributed by atoms with Crippen molar-refractivity contribution in [1.82, 2.24) is 0 Å². The Morgan fingerprint density at radius 1 is 1.12 bits per heavy atom. The highest BCUT2D eigenvalue weighted by Gasteiger charge is 2.12. The van der Waals surface area contributed by atoms with Gasteiger partial charge in [-0.05, 0) is 30.9 Å². The molecule has 0 amide bonds. The first-order valence-electron chi connectivity index (χ1n) is 6.12. The number of nitrogens with two attached hydrogens (primary N) is 1. The molecule has 1 aliphatic rings. The molecule has 0 bridgehead atoms. The first kappa shape index (κ1) is 11.2. The van der Waals surface area contributed by atoms with Crippen molar-refractivity contribution in [1.29, 1.82) is 0 Å². The van der Waals surface area contributed by atoms with Crippen LogP contribution in [0.3, 0.4) is 0 Å². The smallest absolute Gasteiger partial charge is 0.0439 e. The lowest BCUT2D eigenvalue weighted by molar-refractivity contribution is 0.577. The molecule has 2 rings (SSSR count). The highest BCUT2D eigenvalue weighted by Crippen LogP contribution is 2.24. The zero-order valence-electron chi connectivity index (χ0n) is 9.73. The van der Waals surface area contributed by atoms with Crippen molar-refractivity contribution in [3.8, 4) is 0 Å². The van der Waals surface area contributed by atoms with E-state index >= 15 is 0 Å². The summed E-state index contributed by atoms with van der Waals surface area (Å²) in [6.45, 7) is 2.98. The van der Waals surface area contributed by atoms with Crippen LogP contribution in [0.5, 0.6) is 0 Å². The van der Waals surface area contributed by atoms with Gasteiger partial charge in [0.2, 0.25) is 0 Å². The zero-order valence-corrected chi connectivity index (χ0v) is 9.73. The van der Waals surface area contributed by atoms with E-state index in [1.54, 1.807) is 0 Å². The second-order valence-electron chi connectivity index (χ2n) is 4.24. The Bertz CT molecular complexity index is 352. The molecule has 0 saturated carbocycles. The van der Waals surface area contributed by atoms with Gasteiger partial charge in [0.25, 0.3) is 0 Å². The van der Waals surface area contributed by atoms with Gasteiger partial charge < -0.3 is 10.6 Å². The molecule has 1 heterocycles. The molecule has 1 saturated heterocycles. The molecule has 0 aromatic heterocycles. The van der Waals surface area contributed by atoms with Crippen molar-refractivity contribution in [3.63, 3.8) is 0 Å². The van der Waals surface area contributed by atoms with Crippen LogP contribution in [0.1, 0.15) is 24.8 Å². The second-order valence-corrected chi connectivity index (χ2v) is 4.24. The largest absolute Gasteiger partial charge is 0.371 e. The van der Waals surface area contributed by atoms with Crippen LogP contribution in [0.15, 0.2) is 30.3 Å². The van der Waals surface area contributed by atoms with Gasteiger partial charge in [0.1, 0.15) is 0 Å².